The molecule has 1 fully saturated rings. The molecule has 8 heteroatoms. The van der Waals surface area contributed by atoms with E-state index >= 15 is 0 Å². The number of nitrogens with one attached hydrogen (secondary N) is 2. The second-order valence-corrected chi connectivity index (χ2v) is 8.99. The van der Waals surface area contributed by atoms with E-state index < -0.39 is 6.04 Å². The molecule has 2 N–H and O–H groups in total. The van der Waals surface area contributed by atoms with E-state index in [2.05, 4.69) is 15.5 Å². The van der Waals surface area contributed by atoms with E-state index in [-0.39, 0.29) is 23.8 Å². The number of ether oxygens (including phenoxy) is 2. The van der Waals surface area contributed by atoms with Gasteiger partial charge < -0.3 is 20.1 Å². The van der Waals surface area contributed by atoms with Gasteiger partial charge in [0.15, 0.2) is 0 Å². The molecule has 34 heavy (non-hydrogen) atoms. The largest absolute Gasteiger partial charge is 0.494 e. The average Bonchev–Trinajstić information content (AvgIpc) is 2.84. The Hall–Kier alpha value is -2.61. The van der Waals surface area contributed by atoms with E-state index in [0.29, 0.717) is 42.7 Å². The maximum atomic E-state index is 13.2. The van der Waals surface area contributed by atoms with E-state index in [1.54, 1.807) is 24.3 Å². The van der Waals surface area contributed by atoms with Gasteiger partial charge in [0.25, 0.3) is 5.91 Å². The molecule has 0 spiro atoms. The Morgan fingerprint density at radius 1 is 1.09 bits per heavy atom. The summed E-state index contributed by atoms with van der Waals surface area (Å²) in [5.74, 6) is 0.0899. The van der Waals surface area contributed by atoms with E-state index in [1.165, 1.54) is 0 Å². The number of morpholine rings is 1. The molecule has 0 saturated carbocycles. The number of nitrogens with zero attached hydrogens (tertiary/aromatic N) is 1. The molecule has 1 aliphatic heterocycles. The maximum Gasteiger partial charge on any atom is 0.251 e. The zero-order valence-corrected chi connectivity index (χ0v) is 20.8. The van der Waals surface area contributed by atoms with Crippen molar-refractivity contribution < 1.29 is 19.1 Å². The van der Waals surface area contributed by atoms with Crippen molar-refractivity contribution in [3.8, 4) is 5.75 Å². The van der Waals surface area contributed by atoms with Crippen molar-refractivity contribution in [3.05, 3.63) is 64.7 Å². The summed E-state index contributed by atoms with van der Waals surface area (Å²) in [6.07, 6.45) is 0. The first-order valence-corrected chi connectivity index (χ1v) is 12.2. The summed E-state index contributed by atoms with van der Waals surface area (Å²) in [6.45, 7) is 9.46. The zero-order chi connectivity index (χ0) is 24.5. The van der Waals surface area contributed by atoms with Gasteiger partial charge in [-0.25, -0.2) is 0 Å². The molecule has 1 aliphatic rings. The summed E-state index contributed by atoms with van der Waals surface area (Å²) in [7, 11) is 0. The van der Waals surface area contributed by atoms with E-state index in [1.807, 2.05) is 45.0 Å². The molecule has 2 aromatic rings. The third-order valence-corrected chi connectivity index (χ3v) is 6.23. The van der Waals surface area contributed by atoms with Crippen LogP contribution in [-0.4, -0.2) is 62.2 Å². The molecular formula is C26H34ClN3O4. The monoisotopic (exact) mass is 487 g/mol. The minimum Gasteiger partial charge on any atom is -0.494 e. The van der Waals surface area contributed by atoms with Crippen LogP contribution in [0.15, 0.2) is 48.5 Å². The molecule has 0 aliphatic carbocycles. The Balaban J connectivity index is 1.68. The molecule has 2 unspecified atom stereocenters. The Morgan fingerprint density at radius 3 is 2.38 bits per heavy atom. The Bertz CT molecular complexity index is 945. The van der Waals surface area contributed by atoms with Gasteiger partial charge >= 0.3 is 0 Å². The highest BCUT2D eigenvalue weighted by atomic mass is 35.5. The normalized spacial score (nSPS) is 16.0. The molecule has 184 valence electrons. The van der Waals surface area contributed by atoms with Gasteiger partial charge in [-0.05, 0) is 48.7 Å². The number of carbonyl (C=O) groups is 2. The van der Waals surface area contributed by atoms with Crippen LogP contribution in [0.4, 0.5) is 0 Å². The van der Waals surface area contributed by atoms with Crippen LogP contribution in [0.5, 0.6) is 5.75 Å². The fourth-order valence-electron chi connectivity index (χ4n) is 4.01. The van der Waals surface area contributed by atoms with E-state index in [4.69, 9.17) is 21.1 Å². The third-order valence-electron chi connectivity index (χ3n) is 5.88. The molecule has 2 aromatic carbocycles. The SMILES string of the molecule is CCOc1ccc(C(=O)NC(C(=O)NCC(c2ccccc2Cl)N2CCOCC2)C(C)C)cc1. The van der Waals surface area contributed by atoms with Crippen LogP contribution in [0.2, 0.25) is 5.02 Å². The van der Waals surface area contributed by atoms with Crippen LogP contribution in [0.3, 0.4) is 0 Å². The summed E-state index contributed by atoms with van der Waals surface area (Å²) in [6, 6.07) is 13.8. The van der Waals surface area contributed by atoms with Gasteiger partial charge in [-0.2, -0.15) is 0 Å². The summed E-state index contributed by atoms with van der Waals surface area (Å²) in [5, 5.41) is 6.61. The molecule has 0 aromatic heterocycles. The number of halogens is 1. The topological polar surface area (TPSA) is 79.9 Å². The maximum absolute atomic E-state index is 13.2. The van der Waals surface area contributed by atoms with Gasteiger partial charge in [0.2, 0.25) is 5.91 Å². The first-order valence-electron chi connectivity index (χ1n) is 11.8. The highest BCUT2D eigenvalue weighted by molar-refractivity contribution is 6.31. The Labute approximate surface area is 206 Å². The molecule has 1 saturated heterocycles. The van der Waals surface area contributed by atoms with Gasteiger partial charge in [-0.1, -0.05) is 43.6 Å². The van der Waals surface area contributed by atoms with Crippen molar-refractivity contribution in [1.82, 2.24) is 15.5 Å². The van der Waals surface area contributed by atoms with E-state index in [9.17, 15) is 9.59 Å². The van der Waals surface area contributed by atoms with Gasteiger partial charge in [0, 0.05) is 30.2 Å². The average molecular weight is 488 g/mol. The summed E-state index contributed by atoms with van der Waals surface area (Å²) in [4.78, 5) is 28.3. The predicted octanol–water partition coefficient (Wildman–Crippen LogP) is 3.68. The lowest BCUT2D eigenvalue weighted by atomic mass is 10.0. The van der Waals surface area contributed by atoms with Crippen LogP contribution < -0.4 is 15.4 Å². The van der Waals surface area contributed by atoms with Crippen molar-refractivity contribution in [2.45, 2.75) is 32.9 Å². The van der Waals surface area contributed by atoms with Crippen LogP contribution in [-0.2, 0) is 9.53 Å². The minimum atomic E-state index is -0.671. The smallest absolute Gasteiger partial charge is 0.251 e. The van der Waals surface area contributed by atoms with Crippen molar-refractivity contribution in [2.24, 2.45) is 5.92 Å². The molecule has 2 amide bonds. The van der Waals surface area contributed by atoms with Crippen molar-refractivity contribution in [3.63, 3.8) is 0 Å². The van der Waals surface area contributed by atoms with Crippen molar-refractivity contribution in [1.29, 1.82) is 0 Å². The molecule has 1 heterocycles. The number of rotatable bonds is 10. The van der Waals surface area contributed by atoms with Crippen LogP contribution >= 0.6 is 11.6 Å². The summed E-state index contributed by atoms with van der Waals surface area (Å²) >= 11 is 6.50. The fourth-order valence-corrected chi connectivity index (χ4v) is 4.27. The molecule has 0 bridgehead atoms. The van der Waals surface area contributed by atoms with Crippen LogP contribution in [0.1, 0.15) is 42.7 Å². The molecule has 7 nitrogen and oxygen atoms in total. The molecule has 0 radical (unpaired) electrons. The number of amides is 2. The quantitative estimate of drug-likeness (QED) is 0.534. The lowest BCUT2D eigenvalue weighted by Crippen LogP contribution is -2.52. The lowest BCUT2D eigenvalue weighted by molar-refractivity contribution is -0.124. The highest BCUT2D eigenvalue weighted by Gasteiger charge is 2.28. The second-order valence-electron chi connectivity index (χ2n) is 8.58. The Kier molecular flexibility index (Phi) is 9.74. The summed E-state index contributed by atoms with van der Waals surface area (Å²) in [5.41, 5.74) is 1.44. The van der Waals surface area contributed by atoms with Gasteiger partial charge in [0.1, 0.15) is 11.8 Å². The number of hydrogen-bond donors (Lipinski definition) is 2. The van der Waals surface area contributed by atoms with Crippen molar-refractivity contribution >= 4 is 23.4 Å². The summed E-state index contributed by atoms with van der Waals surface area (Å²) < 4.78 is 10.9. The van der Waals surface area contributed by atoms with Crippen LogP contribution in [0.25, 0.3) is 0 Å². The molecule has 2 atom stereocenters. The highest BCUT2D eigenvalue weighted by Crippen LogP contribution is 2.28. The first-order chi connectivity index (χ1) is 16.4. The Morgan fingerprint density at radius 2 is 1.76 bits per heavy atom. The number of benzene rings is 2. The zero-order valence-electron chi connectivity index (χ0n) is 20.1. The molecular weight excluding hydrogens is 454 g/mol. The fraction of sp³-hybridized carbons (Fsp3) is 0.462. The van der Waals surface area contributed by atoms with Gasteiger partial charge in [-0.15, -0.1) is 0 Å². The minimum absolute atomic E-state index is 0.0869. The standard InChI is InChI=1S/C26H34ClN3O4/c1-4-34-20-11-9-19(10-12-20)25(31)29-24(18(2)3)26(32)28-17-23(30-13-15-33-16-14-30)21-7-5-6-8-22(21)27/h5-12,18,23-24H,4,13-17H2,1-3H3,(H,28,32)(H,29,31). The van der Waals surface area contributed by atoms with Crippen molar-refractivity contribution in [2.75, 3.05) is 39.5 Å². The molecule has 3 rings (SSSR count). The van der Waals surface area contributed by atoms with Gasteiger partial charge in [0.05, 0.1) is 25.9 Å². The lowest BCUT2D eigenvalue weighted by Gasteiger charge is -2.35. The first kappa shape index (κ1) is 26.0. The van der Waals surface area contributed by atoms with Gasteiger partial charge in [-0.3, -0.25) is 14.5 Å². The number of hydrogen-bond acceptors (Lipinski definition) is 5. The number of carbonyl (C=O) groups excluding carboxylic acids is 2. The second kappa shape index (κ2) is 12.7. The predicted molar refractivity (Wildman–Crippen MR) is 133 cm³/mol. The third kappa shape index (κ3) is 6.95. The van der Waals surface area contributed by atoms with E-state index in [0.717, 1.165) is 18.7 Å². The van der Waals surface area contributed by atoms with Crippen LogP contribution in [0, 0.1) is 5.92 Å².